The number of anilines is 1. The summed E-state index contributed by atoms with van der Waals surface area (Å²) >= 11 is 0. The van der Waals surface area contributed by atoms with E-state index >= 15 is 0 Å². The van der Waals surface area contributed by atoms with Crippen LogP contribution in [0.25, 0.3) is 11.0 Å². The van der Waals surface area contributed by atoms with Crippen molar-refractivity contribution in [1.29, 1.82) is 0 Å². The molecule has 1 heterocycles. The van der Waals surface area contributed by atoms with Gasteiger partial charge in [0.05, 0.1) is 11.0 Å². The van der Waals surface area contributed by atoms with Gasteiger partial charge in [-0.2, -0.15) is 0 Å². The quantitative estimate of drug-likeness (QED) is 0.604. The third-order valence-electron chi connectivity index (χ3n) is 3.10. The number of nitrogens with two attached hydrogens (primary N) is 1. The number of nitrogen functional groups attached to an aromatic ring is 1. The molecule has 0 fully saturated rings. The predicted molar refractivity (Wildman–Crippen MR) is 81.6 cm³/mol. The minimum Gasteiger partial charge on any atom is -0.399 e. The summed E-state index contributed by atoms with van der Waals surface area (Å²) in [5, 5.41) is 0. The van der Waals surface area contributed by atoms with E-state index in [2.05, 4.69) is 16.9 Å². The molecule has 1 aromatic heterocycles. The average Bonchev–Trinajstić information content (AvgIpc) is 2.78. The number of hydrogen-bond acceptors (Lipinski definition) is 3. The first-order valence-electron chi connectivity index (χ1n) is 6.78. The highest BCUT2D eigenvalue weighted by Crippen LogP contribution is 2.15. The Bertz CT molecular complexity index is 565. The molecule has 5 heteroatoms. The average molecular weight is 279 g/mol. The number of hydrogen-bond donors (Lipinski definition) is 2. The number of unbranched alkanes of at least 4 members (excludes halogenated alkanes) is 2. The largest absolute Gasteiger partial charge is 0.399 e. The molecule has 104 valence electrons. The molecule has 0 bridgehead atoms. The van der Waals surface area contributed by atoms with Crippen LogP contribution in [0.2, 0.25) is 0 Å². The minimum absolute atomic E-state index is 0.680. The van der Waals surface area contributed by atoms with E-state index in [1.165, 1.54) is 6.42 Å². The lowest BCUT2D eigenvalue weighted by Gasteiger charge is -1.99. The predicted octanol–water partition coefficient (Wildman–Crippen LogP) is 2.63. The number of aromatic nitrogens is 2. The maximum atomic E-state index is 11.8. The van der Waals surface area contributed by atoms with Crippen molar-refractivity contribution in [2.75, 3.05) is 17.2 Å². The second-order valence-electron chi connectivity index (χ2n) is 4.77. The summed E-state index contributed by atoms with van der Waals surface area (Å²) in [7, 11) is -0.733. The molecule has 2 rings (SSSR count). The van der Waals surface area contributed by atoms with E-state index in [4.69, 9.17) is 5.73 Å². The van der Waals surface area contributed by atoms with E-state index in [1.807, 2.05) is 18.2 Å². The summed E-state index contributed by atoms with van der Waals surface area (Å²) in [4.78, 5) is 7.71. The molecule has 0 saturated carbocycles. The van der Waals surface area contributed by atoms with Gasteiger partial charge in [0, 0.05) is 34.4 Å². The molecule has 2 aromatic rings. The molecule has 19 heavy (non-hydrogen) atoms. The molecule has 0 aliphatic carbocycles. The number of aryl methyl sites for hydroxylation is 1. The van der Waals surface area contributed by atoms with Crippen molar-refractivity contribution < 1.29 is 4.21 Å². The van der Waals surface area contributed by atoms with Gasteiger partial charge in [-0.1, -0.05) is 19.8 Å². The molecule has 0 saturated heterocycles. The number of fused-ring (bicyclic) bond motifs is 1. The summed E-state index contributed by atoms with van der Waals surface area (Å²) in [6, 6.07) is 5.63. The number of nitrogens with one attached hydrogen (secondary N) is 1. The molecule has 0 aliphatic rings. The van der Waals surface area contributed by atoms with Crippen LogP contribution in [-0.4, -0.2) is 25.7 Å². The zero-order valence-electron chi connectivity index (χ0n) is 11.3. The second-order valence-corrected chi connectivity index (χ2v) is 6.46. The van der Waals surface area contributed by atoms with Crippen LogP contribution in [0.15, 0.2) is 18.2 Å². The minimum atomic E-state index is -0.733. The molecule has 1 aromatic carbocycles. The molecule has 0 radical (unpaired) electrons. The van der Waals surface area contributed by atoms with Gasteiger partial charge in [-0.3, -0.25) is 4.21 Å². The Hall–Kier alpha value is -1.36. The monoisotopic (exact) mass is 279 g/mol. The first-order chi connectivity index (χ1) is 9.19. The van der Waals surface area contributed by atoms with E-state index in [-0.39, 0.29) is 0 Å². The van der Waals surface area contributed by atoms with Gasteiger partial charge in [-0.05, 0) is 24.6 Å². The van der Waals surface area contributed by atoms with Gasteiger partial charge in [0.1, 0.15) is 5.82 Å². The number of H-pyrrole nitrogens is 1. The number of imidazole rings is 1. The molecule has 0 aliphatic heterocycles. The zero-order chi connectivity index (χ0) is 13.7. The van der Waals surface area contributed by atoms with Gasteiger partial charge in [0.15, 0.2) is 0 Å². The van der Waals surface area contributed by atoms with Gasteiger partial charge in [0.25, 0.3) is 0 Å². The van der Waals surface area contributed by atoms with Crippen LogP contribution >= 0.6 is 0 Å². The normalized spacial score (nSPS) is 12.9. The van der Waals surface area contributed by atoms with Gasteiger partial charge >= 0.3 is 0 Å². The Morgan fingerprint density at radius 3 is 2.95 bits per heavy atom. The first-order valence-corrected chi connectivity index (χ1v) is 8.27. The van der Waals surface area contributed by atoms with Crippen LogP contribution in [0.5, 0.6) is 0 Å². The van der Waals surface area contributed by atoms with E-state index in [9.17, 15) is 4.21 Å². The van der Waals surface area contributed by atoms with Crippen molar-refractivity contribution in [3.63, 3.8) is 0 Å². The van der Waals surface area contributed by atoms with Crippen molar-refractivity contribution in [3.8, 4) is 0 Å². The smallest absolute Gasteiger partial charge is 0.108 e. The van der Waals surface area contributed by atoms with E-state index in [0.717, 1.165) is 47.6 Å². The maximum Gasteiger partial charge on any atom is 0.108 e. The molecular formula is C14H21N3OS. The summed E-state index contributed by atoms with van der Waals surface area (Å²) in [6.45, 7) is 2.16. The van der Waals surface area contributed by atoms with Crippen molar-refractivity contribution >= 4 is 27.5 Å². The highest BCUT2D eigenvalue weighted by molar-refractivity contribution is 7.84. The molecular weight excluding hydrogens is 258 g/mol. The summed E-state index contributed by atoms with van der Waals surface area (Å²) in [6.07, 6.45) is 4.12. The highest BCUT2D eigenvalue weighted by atomic mass is 32.2. The Kier molecular flexibility index (Phi) is 4.96. The van der Waals surface area contributed by atoms with Crippen LogP contribution in [0, 0.1) is 0 Å². The van der Waals surface area contributed by atoms with Crippen molar-refractivity contribution in [2.24, 2.45) is 0 Å². The lowest BCUT2D eigenvalue weighted by Crippen LogP contribution is -2.06. The molecule has 1 atom stereocenters. The van der Waals surface area contributed by atoms with Crippen molar-refractivity contribution in [1.82, 2.24) is 9.97 Å². The van der Waals surface area contributed by atoms with Crippen LogP contribution < -0.4 is 5.73 Å². The molecule has 4 nitrogen and oxygen atoms in total. The Labute approximate surface area is 116 Å². The van der Waals surface area contributed by atoms with Crippen molar-refractivity contribution in [3.05, 3.63) is 24.0 Å². The van der Waals surface area contributed by atoms with E-state index in [0.29, 0.717) is 5.75 Å². The number of benzene rings is 1. The summed E-state index contributed by atoms with van der Waals surface area (Å²) < 4.78 is 11.8. The topological polar surface area (TPSA) is 71.8 Å². The van der Waals surface area contributed by atoms with Crippen LogP contribution in [0.3, 0.4) is 0 Å². The molecule has 3 N–H and O–H groups in total. The van der Waals surface area contributed by atoms with Gasteiger partial charge in [-0.25, -0.2) is 4.98 Å². The fraction of sp³-hybridized carbons (Fsp3) is 0.500. The molecule has 0 spiro atoms. The fourth-order valence-electron chi connectivity index (χ4n) is 2.02. The maximum absolute atomic E-state index is 11.8. The van der Waals surface area contributed by atoms with E-state index < -0.39 is 10.8 Å². The number of aromatic amines is 1. The summed E-state index contributed by atoms with van der Waals surface area (Å²) in [5.41, 5.74) is 8.32. The third kappa shape index (κ3) is 4.06. The third-order valence-corrected chi connectivity index (χ3v) is 4.50. The van der Waals surface area contributed by atoms with E-state index in [1.54, 1.807) is 0 Å². The fourth-order valence-corrected chi connectivity index (χ4v) is 3.18. The zero-order valence-corrected chi connectivity index (χ0v) is 12.1. The van der Waals surface area contributed by atoms with Crippen LogP contribution in [0.4, 0.5) is 5.69 Å². The number of nitrogens with zero attached hydrogens (tertiary/aromatic N) is 1. The lowest BCUT2D eigenvalue weighted by molar-refractivity contribution is 0.675. The SMILES string of the molecule is CCCCCS(=O)CCc1nc2ccc(N)cc2[nH]1. The Balaban J connectivity index is 1.89. The first kappa shape index (κ1) is 14.1. The van der Waals surface area contributed by atoms with Crippen molar-refractivity contribution in [2.45, 2.75) is 32.6 Å². The second kappa shape index (κ2) is 6.70. The highest BCUT2D eigenvalue weighted by Gasteiger charge is 2.05. The standard InChI is InChI=1S/C14H21N3OS/c1-2-3-4-8-19(18)9-7-14-16-12-6-5-11(15)10-13(12)17-14/h5-6,10H,2-4,7-9,15H2,1H3,(H,16,17). The van der Waals surface area contributed by atoms with Gasteiger partial charge in [-0.15, -0.1) is 0 Å². The lowest BCUT2D eigenvalue weighted by atomic mass is 10.3. The van der Waals surface area contributed by atoms with Crippen LogP contribution in [-0.2, 0) is 17.2 Å². The van der Waals surface area contributed by atoms with Crippen LogP contribution in [0.1, 0.15) is 32.0 Å². The summed E-state index contributed by atoms with van der Waals surface area (Å²) in [5.74, 6) is 2.38. The number of rotatable bonds is 7. The molecule has 1 unspecified atom stereocenters. The molecule has 0 amide bonds. The Morgan fingerprint density at radius 1 is 1.32 bits per heavy atom. The van der Waals surface area contributed by atoms with Gasteiger partial charge < -0.3 is 10.7 Å². The Morgan fingerprint density at radius 2 is 2.16 bits per heavy atom. The van der Waals surface area contributed by atoms with Gasteiger partial charge in [0.2, 0.25) is 0 Å².